The molecule has 0 unspecified atom stereocenters. The van der Waals surface area contributed by atoms with Crippen LogP contribution in [-0.4, -0.2) is 40.6 Å². The van der Waals surface area contributed by atoms with E-state index in [9.17, 15) is 9.18 Å². The fourth-order valence-corrected chi connectivity index (χ4v) is 1.21. The molecule has 0 aliphatic rings. The van der Waals surface area contributed by atoms with Gasteiger partial charge in [0.1, 0.15) is 0 Å². The van der Waals surface area contributed by atoms with Crippen LogP contribution in [0, 0.1) is 5.95 Å². The highest BCUT2D eigenvalue weighted by atomic mass is 19.1. The minimum absolute atomic E-state index is 0.0891. The van der Waals surface area contributed by atoms with Gasteiger partial charge in [-0.05, 0) is 19.1 Å². The number of pyridine rings is 1. The summed E-state index contributed by atoms with van der Waals surface area (Å²) in [5, 5.41) is 8.74. The van der Waals surface area contributed by atoms with Gasteiger partial charge in [0.25, 0.3) is 5.91 Å². The van der Waals surface area contributed by atoms with Crippen LogP contribution in [0.3, 0.4) is 0 Å². The monoisotopic (exact) mass is 212 g/mol. The van der Waals surface area contributed by atoms with Gasteiger partial charge in [-0.1, -0.05) is 0 Å². The maximum absolute atomic E-state index is 12.5. The maximum atomic E-state index is 12.5. The summed E-state index contributed by atoms with van der Waals surface area (Å²) in [4.78, 5) is 16.6. The van der Waals surface area contributed by atoms with Gasteiger partial charge in [0.15, 0.2) is 0 Å². The van der Waals surface area contributed by atoms with Crippen molar-refractivity contribution in [2.24, 2.45) is 0 Å². The Hall–Kier alpha value is -1.49. The van der Waals surface area contributed by atoms with E-state index in [0.717, 1.165) is 6.07 Å². The summed E-state index contributed by atoms with van der Waals surface area (Å²) < 4.78 is 12.5. The molecule has 1 aromatic rings. The van der Waals surface area contributed by atoms with Gasteiger partial charge in [-0.2, -0.15) is 4.39 Å². The van der Waals surface area contributed by atoms with E-state index < -0.39 is 5.95 Å². The molecule has 1 aromatic heterocycles. The van der Waals surface area contributed by atoms with Crippen molar-refractivity contribution in [2.45, 2.75) is 6.92 Å². The van der Waals surface area contributed by atoms with Crippen LogP contribution < -0.4 is 0 Å². The minimum atomic E-state index is -0.614. The predicted molar refractivity (Wildman–Crippen MR) is 52.9 cm³/mol. The van der Waals surface area contributed by atoms with Crippen LogP contribution in [0.5, 0.6) is 0 Å². The van der Waals surface area contributed by atoms with Gasteiger partial charge in [-0.3, -0.25) is 4.79 Å². The molecule has 0 radical (unpaired) electrons. The normalized spacial score (nSPS) is 10.1. The highest BCUT2D eigenvalue weighted by molar-refractivity contribution is 5.93. The summed E-state index contributed by atoms with van der Waals surface area (Å²) in [6.45, 7) is 2.49. The topological polar surface area (TPSA) is 53.4 Å². The van der Waals surface area contributed by atoms with Crippen LogP contribution in [0.15, 0.2) is 18.3 Å². The Balaban J connectivity index is 2.78. The van der Waals surface area contributed by atoms with Gasteiger partial charge in [0.2, 0.25) is 5.95 Å². The number of halogens is 1. The second-order valence-corrected chi connectivity index (χ2v) is 2.98. The molecule has 15 heavy (non-hydrogen) atoms. The number of carbonyl (C=O) groups excluding carboxylic acids is 1. The lowest BCUT2D eigenvalue weighted by Gasteiger charge is -2.19. The second-order valence-electron chi connectivity index (χ2n) is 2.98. The molecule has 0 aromatic carbocycles. The first-order chi connectivity index (χ1) is 7.19. The molecule has 0 fully saturated rings. The Kier molecular flexibility index (Phi) is 4.17. The van der Waals surface area contributed by atoms with Gasteiger partial charge in [-0.25, -0.2) is 4.98 Å². The van der Waals surface area contributed by atoms with E-state index in [1.54, 1.807) is 0 Å². The van der Waals surface area contributed by atoms with E-state index in [0.29, 0.717) is 12.1 Å². The van der Waals surface area contributed by atoms with E-state index in [1.165, 1.54) is 17.2 Å². The molecule has 0 saturated heterocycles. The minimum Gasteiger partial charge on any atom is -0.395 e. The van der Waals surface area contributed by atoms with Gasteiger partial charge in [0, 0.05) is 19.3 Å². The second kappa shape index (κ2) is 5.41. The summed E-state index contributed by atoms with van der Waals surface area (Å²) in [6, 6.07) is 2.52. The first-order valence-corrected chi connectivity index (χ1v) is 4.70. The number of hydrogen-bond donors (Lipinski definition) is 1. The van der Waals surface area contributed by atoms with Crippen LogP contribution in [0.25, 0.3) is 0 Å². The number of aliphatic hydroxyl groups is 1. The molecule has 0 bridgehead atoms. The number of aliphatic hydroxyl groups excluding tert-OH is 1. The number of likely N-dealkylation sites (N-methyl/N-ethyl adjacent to an activating group) is 1. The van der Waals surface area contributed by atoms with Crippen molar-refractivity contribution in [3.8, 4) is 0 Å². The number of rotatable bonds is 4. The number of nitrogens with zero attached hydrogens (tertiary/aromatic N) is 2. The zero-order valence-corrected chi connectivity index (χ0v) is 8.48. The predicted octanol–water partition coefficient (Wildman–Crippen LogP) is 0.675. The van der Waals surface area contributed by atoms with Gasteiger partial charge < -0.3 is 10.0 Å². The van der Waals surface area contributed by atoms with Crippen LogP contribution in [0.4, 0.5) is 4.39 Å². The standard InChI is InChI=1S/C10H13FN2O2/c1-2-13(5-6-14)10(15)8-3-4-9(11)12-7-8/h3-4,7,14H,2,5-6H2,1H3. The van der Waals surface area contributed by atoms with Crippen LogP contribution >= 0.6 is 0 Å². The molecule has 82 valence electrons. The number of carbonyl (C=O) groups is 1. The van der Waals surface area contributed by atoms with Gasteiger partial charge >= 0.3 is 0 Å². The lowest BCUT2D eigenvalue weighted by atomic mass is 10.2. The molecule has 4 nitrogen and oxygen atoms in total. The van der Waals surface area contributed by atoms with Crippen molar-refractivity contribution in [2.75, 3.05) is 19.7 Å². The molecule has 0 aliphatic heterocycles. The molecule has 5 heteroatoms. The lowest BCUT2D eigenvalue weighted by molar-refractivity contribution is 0.0731. The maximum Gasteiger partial charge on any atom is 0.255 e. The highest BCUT2D eigenvalue weighted by Gasteiger charge is 2.13. The van der Waals surface area contributed by atoms with E-state index in [-0.39, 0.29) is 19.1 Å². The Labute approximate surface area is 87.4 Å². The summed E-state index contributed by atoms with van der Waals surface area (Å²) in [7, 11) is 0. The third-order valence-corrected chi connectivity index (χ3v) is 2.01. The SMILES string of the molecule is CCN(CCO)C(=O)c1ccc(F)nc1. The Morgan fingerprint density at radius 2 is 2.33 bits per heavy atom. The van der Waals surface area contributed by atoms with Gasteiger partial charge in [0.05, 0.1) is 12.2 Å². The summed E-state index contributed by atoms with van der Waals surface area (Å²) in [5.41, 5.74) is 0.326. The highest BCUT2D eigenvalue weighted by Crippen LogP contribution is 2.04. The van der Waals surface area contributed by atoms with Crippen molar-refractivity contribution < 1.29 is 14.3 Å². The van der Waals surface area contributed by atoms with Crippen molar-refractivity contribution in [3.63, 3.8) is 0 Å². The van der Waals surface area contributed by atoms with Crippen LogP contribution in [0.2, 0.25) is 0 Å². The molecular weight excluding hydrogens is 199 g/mol. The van der Waals surface area contributed by atoms with Crippen molar-refractivity contribution in [3.05, 3.63) is 29.8 Å². The molecule has 0 aliphatic carbocycles. The first kappa shape index (κ1) is 11.6. The first-order valence-electron chi connectivity index (χ1n) is 4.70. The average molecular weight is 212 g/mol. The molecule has 1 amide bonds. The summed E-state index contributed by atoms with van der Waals surface area (Å²) >= 11 is 0. The van der Waals surface area contributed by atoms with Crippen LogP contribution in [0.1, 0.15) is 17.3 Å². The molecule has 0 saturated carbocycles. The molecule has 0 spiro atoms. The quantitative estimate of drug-likeness (QED) is 0.746. The molecule has 1 N–H and O–H groups in total. The van der Waals surface area contributed by atoms with Gasteiger partial charge in [-0.15, -0.1) is 0 Å². The summed E-state index contributed by atoms with van der Waals surface area (Å²) in [5.74, 6) is -0.865. The average Bonchev–Trinajstić information content (AvgIpc) is 2.26. The third kappa shape index (κ3) is 2.99. The molecule has 0 atom stereocenters. The number of amides is 1. The third-order valence-electron chi connectivity index (χ3n) is 2.01. The van der Waals surface area contributed by atoms with Crippen molar-refractivity contribution in [1.82, 2.24) is 9.88 Å². The van der Waals surface area contributed by atoms with E-state index in [1.807, 2.05) is 6.92 Å². The molecule has 1 heterocycles. The Morgan fingerprint density at radius 3 is 2.80 bits per heavy atom. The van der Waals surface area contributed by atoms with E-state index in [2.05, 4.69) is 4.98 Å². The zero-order chi connectivity index (χ0) is 11.3. The lowest BCUT2D eigenvalue weighted by Crippen LogP contribution is -2.33. The van der Waals surface area contributed by atoms with Crippen molar-refractivity contribution >= 4 is 5.91 Å². The fraction of sp³-hybridized carbons (Fsp3) is 0.400. The molecule has 1 rings (SSSR count). The Morgan fingerprint density at radius 1 is 1.60 bits per heavy atom. The largest absolute Gasteiger partial charge is 0.395 e. The van der Waals surface area contributed by atoms with Crippen LogP contribution in [-0.2, 0) is 0 Å². The number of hydrogen-bond acceptors (Lipinski definition) is 3. The zero-order valence-electron chi connectivity index (χ0n) is 8.48. The Bertz CT molecular complexity index is 327. The van der Waals surface area contributed by atoms with E-state index >= 15 is 0 Å². The molecular formula is C10H13FN2O2. The number of aromatic nitrogens is 1. The fourth-order valence-electron chi connectivity index (χ4n) is 1.21. The smallest absolute Gasteiger partial charge is 0.255 e. The van der Waals surface area contributed by atoms with Crippen molar-refractivity contribution in [1.29, 1.82) is 0 Å². The van der Waals surface area contributed by atoms with E-state index in [4.69, 9.17) is 5.11 Å². The summed E-state index contributed by atoms with van der Waals surface area (Å²) in [6.07, 6.45) is 1.19.